The van der Waals surface area contributed by atoms with Crippen LogP contribution in [0.1, 0.15) is 67.7 Å². The summed E-state index contributed by atoms with van der Waals surface area (Å²) in [5.74, 6) is -0.310. The predicted molar refractivity (Wildman–Crippen MR) is 126 cm³/mol. The van der Waals surface area contributed by atoms with E-state index in [0.29, 0.717) is 29.4 Å². The number of nitriles is 1. The lowest BCUT2D eigenvalue weighted by Gasteiger charge is -2.27. The highest BCUT2D eigenvalue weighted by molar-refractivity contribution is 5.84. The van der Waals surface area contributed by atoms with Gasteiger partial charge in [0.05, 0.1) is 0 Å². The molecule has 0 bridgehead atoms. The molecule has 0 radical (unpaired) electrons. The second-order valence-electron chi connectivity index (χ2n) is 9.47. The number of nitrogens with zero attached hydrogens (tertiary/aromatic N) is 1. The first kappa shape index (κ1) is 23.4. The highest BCUT2D eigenvalue weighted by atomic mass is 19.1. The van der Waals surface area contributed by atoms with Crippen molar-refractivity contribution in [2.24, 2.45) is 11.8 Å². The van der Waals surface area contributed by atoms with E-state index in [4.69, 9.17) is 5.26 Å². The van der Waals surface area contributed by atoms with Crippen molar-refractivity contribution in [2.45, 2.75) is 64.7 Å². The van der Waals surface area contributed by atoms with E-state index in [0.717, 1.165) is 35.8 Å². The Morgan fingerprint density at radius 2 is 1.52 bits per heavy atom. The average molecular weight is 450 g/mol. The number of benzene rings is 3. The fourth-order valence-electron chi connectivity index (χ4n) is 5.19. The molecule has 0 heterocycles. The summed E-state index contributed by atoms with van der Waals surface area (Å²) >= 11 is 0. The summed E-state index contributed by atoms with van der Waals surface area (Å²) in [7, 11) is 0. The molecule has 0 N–H and O–H groups in total. The maximum atomic E-state index is 15.1. The van der Waals surface area contributed by atoms with Gasteiger partial charge in [-0.1, -0.05) is 69.4 Å². The molecule has 0 atom stereocenters. The Morgan fingerprint density at radius 1 is 0.818 bits per heavy atom. The Hall–Kier alpha value is -2.80. The van der Waals surface area contributed by atoms with Crippen molar-refractivity contribution < 1.29 is 13.2 Å². The van der Waals surface area contributed by atoms with Gasteiger partial charge in [0, 0.05) is 5.39 Å². The average Bonchev–Trinajstić information content (AvgIpc) is 2.82. The molecule has 1 aliphatic carbocycles. The van der Waals surface area contributed by atoms with Crippen molar-refractivity contribution in [1.29, 1.82) is 5.26 Å². The minimum atomic E-state index is -0.877. The molecule has 172 valence electrons. The first-order valence-corrected chi connectivity index (χ1v) is 12.1. The molecule has 3 aromatic rings. The standard InChI is InChI=1S/C29H30F3N/c1-2-19-3-5-20(6-4-19)7-8-21-10-14-25-24(15-21)13-12-23(29(25)32)11-9-22-16-27(30)26(18-33)28(31)17-22/h10,12-17,19-20H,2-9,11H2,1H3. The van der Waals surface area contributed by atoms with Gasteiger partial charge in [0.2, 0.25) is 0 Å². The zero-order valence-electron chi connectivity index (χ0n) is 19.1. The van der Waals surface area contributed by atoms with E-state index in [1.807, 2.05) is 18.2 Å². The van der Waals surface area contributed by atoms with Crippen molar-refractivity contribution in [3.63, 3.8) is 0 Å². The van der Waals surface area contributed by atoms with Crippen LogP contribution in [0.4, 0.5) is 13.2 Å². The van der Waals surface area contributed by atoms with Crippen LogP contribution in [0.3, 0.4) is 0 Å². The third-order valence-electron chi connectivity index (χ3n) is 7.38. The van der Waals surface area contributed by atoms with Crippen LogP contribution < -0.4 is 0 Å². The molecule has 0 aromatic heterocycles. The molecule has 0 unspecified atom stereocenters. The molecule has 1 fully saturated rings. The van der Waals surface area contributed by atoms with Gasteiger partial charge < -0.3 is 0 Å². The maximum absolute atomic E-state index is 15.1. The Labute approximate surface area is 194 Å². The molecule has 4 rings (SSSR count). The zero-order chi connectivity index (χ0) is 23.4. The normalized spacial score (nSPS) is 18.4. The summed E-state index contributed by atoms with van der Waals surface area (Å²) in [5, 5.41) is 10.3. The molecule has 0 spiro atoms. The van der Waals surface area contributed by atoms with Crippen LogP contribution in [-0.2, 0) is 19.3 Å². The summed E-state index contributed by atoms with van der Waals surface area (Å²) in [6.45, 7) is 2.29. The molecular formula is C29H30F3N. The highest BCUT2D eigenvalue weighted by Gasteiger charge is 2.20. The van der Waals surface area contributed by atoms with Gasteiger partial charge in [-0.05, 0) is 71.7 Å². The van der Waals surface area contributed by atoms with E-state index >= 15 is 4.39 Å². The Morgan fingerprint density at radius 3 is 2.18 bits per heavy atom. The quantitative estimate of drug-likeness (QED) is 0.358. The van der Waals surface area contributed by atoms with E-state index in [1.165, 1.54) is 50.2 Å². The van der Waals surface area contributed by atoms with E-state index in [-0.39, 0.29) is 5.82 Å². The Balaban J connectivity index is 1.41. The largest absolute Gasteiger partial charge is 0.206 e. The second-order valence-corrected chi connectivity index (χ2v) is 9.47. The van der Waals surface area contributed by atoms with Crippen LogP contribution in [0.2, 0.25) is 0 Å². The zero-order valence-corrected chi connectivity index (χ0v) is 19.1. The lowest BCUT2D eigenvalue weighted by Crippen LogP contribution is -2.14. The summed E-state index contributed by atoms with van der Waals surface area (Å²) in [6.07, 6.45) is 9.51. The minimum Gasteiger partial charge on any atom is -0.206 e. The lowest BCUT2D eigenvalue weighted by molar-refractivity contribution is 0.259. The first-order valence-electron chi connectivity index (χ1n) is 12.1. The molecule has 0 saturated heterocycles. The van der Waals surface area contributed by atoms with Gasteiger partial charge in [-0.2, -0.15) is 5.26 Å². The van der Waals surface area contributed by atoms with Gasteiger partial charge in [-0.25, -0.2) is 13.2 Å². The molecule has 3 aromatic carbocycles. The van der Waals surface area contributed by atoms with Crippen molar-refractivity contribution in [1.82, 2.24) is 0 Å². The topological polar surface area (TPSA) is 23.8 Å². The lowest BCUT2D eigenvalue weighted by atomic mass is 9.78. The fraction of sp³-hybridized carbons (Fsp3) is 0.414. The third-order valence-corrected chi connectivity index (χ3v) is 7.38. The van der Waals surface area contributed by atoms with Crippen LogP contribution in [0.25, 0.3) is 10.8 Å². The van der Waals surface area contributed by atoms with Crippen LogP contribution in [0.15, 0.2) is 42.5 Å². The van der Waals surface area contributed by atoms with Crippen LogP contribution in [0.5, 0.6) is 0 Å². The van der Waals surface area contributed by atoms with Crippen LogP contribution in [-0.4, -0.2) is 0 Å². The van der Waals surface area contributed by atoms with Crippen LogP contribution >= 0.6 is 0 Å². The van der Waals surface area contributed by atoms with Gasteiger partial charge >= 0.3 is 0 Å². The molecule has 0 aliphatic heterocycles. The van der Waals surface area contributed by atoms with Gasteiger partial charge in [0.25, 0.3) is 0 Å². The summed E-state index contributed by atoms with van der Waals surface area (Å²) in [6, 6.07) is 13.5. The highest BCUT2D eigenvalue weighted by Crippen LogP contribution is 2.33. The Kier molecular flexibility index (Phi) is 7.38. The van der Waals surface area contributed by atoms with E-state index in [9.17, 15) is 8.78 Å². The SMILES string of the molecule is CCC1CCC(CCc2ccc3c(F)c(CCc4cc(F)c(C#N)c(F)c4)ccc3c2)CC1. The molecular weight excluding hydrogens is 419 g/mol. The number of hydrogen-bond donors (Lipinski definition) is 0. The van der Waals surface area contributed by atoms with E-state index in [1.54, 1.807) is 6.07 Å². The number of halogens is 3. The van der Waals surface area contributed by atoms with E-state index < -0.39 is 17.2 Å². The number of hydrogen-bond acceptors (Lipinski definition) is 1. The molecule has 4 heteroatoms. The van der Waals surface area contributed by atoms with Crippen molar-refractivity contribution in [3.8, 4) is 6.07 Å². The number of aryl methyl sites for hydroxylation is 3. The van der Waals surface area contributed by atoms with E-state index in [2.05, 4.69) is 13.0 Å². The number of rotatable bonds is 7. The monoisotopic (exact) mass is 449 g/mol. The summed E-state index contributed by atoms with van der Waals surface area (Å²) in [4.78, 5) is 0. The van der Waals surface area contributed by atoms with Gasteiger partial charge in [0.1, 0.15) is 29.1 Å². The van der Waals surface area contributed by atoms with Gasteiger partial charge in [0.15, 0.2) is 0 Å². The van der Waals surface area contributed by atoms with Gasteiger partial charge in [-0.15, -0.1) is 0 Å². The van der Waals surface area contributed by atoms with Gasteiger partial charge in [-0.3, -0.25) is 0 Å². The van der Waals surface area contributed by atoms with Crippen LogP contribution in [0, 0.1) is 40.6 Å². The predicted octanol–water partition coefficient (Wildman–Crippen LogP) is 8.06. The minimum absolute atomic E-state index is 0.272. The molecule has 33 heavy (non-hydrogen) atoms. The van der Waals surface area contributed by atoms with Crippen molar-refractivity contribution >= 4 is 10.8 Å². The Bertz CT molecular complexity index is 1150. The molecule has 1 saturated carbocycles. The summed E-state index contributed by atoms with van der Waals surface area (Å²) < 4.78 is 42.8. The van der Waals surface area contributed by atoms with Crippen molar-refractivity contribution in [3.05, 3.63) is 82.2 Å². The smallest absolute Gasteiger partial charge is 0.144 e. The number of fused-ring (bicyclic) bond motifs is 1. The fourth-order valence-corrected chi connectivity index (χ4v) is 5.19. The second kappa shape index (κ2) is 10.4. The molecule has 0 amide bonds. The molecule has 1 aliphatic rings. The van der Waals surface area contributed by atoms with Crippen molar-refractivity contribution in [2.75, 3.05) is 0 Å². The molecule has 1 nitrogen and oxygen atoms in total. The first-order chi connectivity index (χ1) is 16.0. The summed E-state index contributed by atoms with van der Waals surface area (Å²) in [5.41, 5.74) is 1.59. The third kappa shape index (κ3) is 5.41. The maximum Gasteiger partial charge on any atom is 0.144 e.